The highest BCUT2D eigenvalue weighted by Crippen LogP contribution is 2.29. The molecule has 1 aliphatic heterocycles. The Hall–Kier alpha value is -1.63. The Morgan fingerprint density at radius 2 is 1.75 bits per heavy atom. The monoisotopic (exact) mass is 410 g/mol. The molecule has 0 spiro atoms. The number of carbonyl (C=O) groups is 2. The van der Waals surface area contributed by atoms with Crippen molar-refractivity contribution in [3.05, 3.63) is 34.9 Å². The van der Waals surface area contributed by atoms with Crippen LogP contribution in [0.3, 0.4) is 0 Å². The lowest BCUT2D eigenvalue weighted by Gasteiger charge is -2.39. The Morgan fingerprint density at radius 1 is 1.11 bits per heavy atom. The molecule has 1 fully saturated rings. The molecular weight excluding hydrogens is 380 g/mol. The summed E-state index contributed by atoms with van der Waals surface area (Å²) in [4.78, 5) is 28.9. The molecule has 28 heavy (non-hydrogen) atoms. The molecule has 0 radical (unpaired) electrons. The summed E-state index contributed by atoms with van der Waals surface area (Å²) in [6.07, 6.45) is 0.481. The van der Waals surface area contributed by atoms with Crippen LogP contribution in [-0.4, -0.2) is 67.7 Å². The molecule has 1 amide bonds. The van der Waals surface area contributed by atoms with E-state index in [1.807, 2.05) is 23.1 Å². The van der Waals surface area contributed by atoms with Gasteiger partial charge in [-0.2, -0.15) is 0 Å². The zero-order valence-corrected chi connectivity index (χ0v) is 17.9. The van der Waals surface area contributed by atoms with Crippen molar-refractivity contribution >= 4 is 23.5 Å². The summed E-state index contributed by atoms with van der Waals surface area (Å²) < 4.78 is 10.7. The summed E-state index contributed by atoms with van der Waals surface area (Å²) in [5.41, 5.74) is 0.723. The number of benzene rings is 1. The van der Waals surface area contributed by atoms with E-state index in [-0.39, 0.29) is 11.9 Å². The number of carbonyl (C=O) groups excluding carboxylic acids is 2. The number of nitrogens with zero attached hydrogens (tertiary/aromatic N) is 2. The Labute approximate surface area is 172 Å². The van der Waals surface area contributed by atoms with Gasteiger partial charge < -0.3 is 14.4 Å². The third-order valence-electron chi connectivity index (χ3n) is 5.03. The van der Waals surface area contributed by atoms with Gasteiger partial charge in [0.25, 0.3) is 5.91 Å². The molecule has 1 saturated heterocycles. The number of ether oxygens (including phenoxy) is 2. The molecule has 0 aromatic heterocycles. The molecule has 1 heterocycles. The molecular formula is C21H31ClN2O4. The molecule has 156 valence electrons. The maximum Gasteiger partial charge on any atom is 0.327 e. The Kier molecular flexibility index (Phi) is 8.73. The average molecular weight is 411 g/mol. The molecule has 6 nitrogen and oxygen atoms in total. The lowest BCUT2D eigenvalue weighted by Crippen LogP contribution is -2.53. The van der Waals surface area contributed by atoms with Crippen LogP contribution < -0.4 is 0 Å². The zero-order chi connectivity index (χ0) is 20.7. The van der Waals surface area contributed by atoms with Gasteiger partial charge in [0.2, 0.25) is 0 Å². The molecule has 0 aliphatic carbocycles. The fourth-order valence-electron chi connectivity index (χ4n) is 3.29. The topological polar surface area (TPSA) is 59.1 Å². The van der Waals surface area contributed by atoms with Crippen molar-refractivity contribution in [2.24, 2.45) is 5.92 Å². The molecule has 2 rings (SSSR count). The minimum Gasteiger partial charge on any atom is -0.468 e. The van der Waals surface area contributed by atoms with Crippen LogP contribution in [0, 0.1) is 5.92 Å². The zero-order valence-electron chi connectivity index (χ0n) is 17.2. The molecule has 0 bridgehead atoms. The minimum absolute atomic E-state index is 0.00392. The van der Waals surface area contributed by atoms with E-state index in [9.17, 15) is 9.59 Å². The van der Waals surface area contributed by atoms with E-state index in [1.54, 1.807) is 17.9 Å². The first-order valence-electron chi connectivity index (χ1n) is 9.81. The van der Waals surface area contributed by atoms with Gasteiger partial charge in [0.15, 0.2) is 0 Å². The van der Waals surface area contributed by atoms with Gasteiger partial charge in [0, 0.05) is 37.8 Å². The molecule has 0 N–H and O–H groups in total. The molecule has 2 atom stereocenters. The summed E-state index contributed by atoms with van der Waals surface area (Å²) >= 11 is 6.32. The molecule has 1 aromatic rings. The van der Waals surface area contributed by atoms with Crippen molar-refractivity contribution in [2.75, 3.05) is 39.9 Å². The average Bonchev–Trinajstić information content (AvgIpc) is 2.69. The van der Waals surface area contributed by atoms with Crippen LogP contribution in [0.5, 0.6) is 0 Å². The highest BCUT2D eigenvalue weighted by Gasteiger charge is 2.34. The number of piperazine rings is 1. The summed E-state index contributed by atoms with van der Waals surface area (Å²) in [5.74, 6) is 0.194. The third kappa shape index (κ3) is 5.93. The van der Waals surface area contributed by atoms with Crippen LogP contribution in [-0.2, 0) is 19.1 Å². The fourth-order valence-corrected chi connectivity index (χ4v) is 3.53. The lowest BCUT2D eigenvalue weighted by atomic mass is 10.0. The molecule has 1 aromatic carbocycles. The van der Waals surface area contributed by atoms with Gasteiger partial charge in [-0.15, -0.1) is 0 Å². The summed E-state index contributed by atoms with van der Waals surface area (Å²) in [5, 5.41) is 0.531. The van der Waals surface area contributed by atoms with E-state index in [4.69, 9.17) is 21.1 Å². The first kappa shape index (κ1) is 22.7. The quantitative estimate of drug-likeness (QED) is 0.616. The predicted octanol–water partition coefficient (Wildman–Crippen LogP) is 3.15. The van der Waals surface area contributed by atoms with Crippen LogP contribution in [0.25, 0.3) is 0 Å². The minimum atomic E-state index is -0.573. The summed E-state index contributed by atoms with van der Waals surface area (Å²) in [6.45, 7) is 8.85. The van der Waals surface area contributed by atoms with E-state index in [0.29, 0.717) is 43.7 Å². The van der Waals surface area contributed by atoms with Gasteiger partial charge in [-0.3, -0.25) is 9.69 Å². The number of hydrogen-bond acceptors (Lipinski definition) is 5. The van der Waals surface area contributed by atoms with Crippen LogP contribution >= 0.6 is 11.6 Å². The molecule has 1 aliphatic rings. The fraction of sp³-hybridized carbons (Fsp3) is 0.619. The van der Waals surface area contributed by atoms with Gasteiger partial charge in [-0.05, 0) is 30.9 Å². The largest absolute Gasteiger partial charge is 0.468 e. The number of esters is 1. The van der Waals surface area contributed by atoms with E-state index in [1.165, 1.54) is 7.11 Å². The molecule has 0 saturated carbocycles. The van der Waals surface area contributed by atoms with E-state index < -0.39 is 12.1 Å². The van der Waals surface area contributed by atoms with Crippen molar-refractivity contribution in [3.8, 4) is 0 Å². The van der Waals surface area contributed by atoms with Gasteiger partial charge >= 0.3 is 5.97 Å². The van der Waals surface area contributed by atoms with Gasteiger partial charge in [-0.25, -0.2) is 4.79 Å². The van der Waals surface area contributed by atoms with Gasteiger partial charge in [-0.1, -0.05) is 43.6 Å². The molecule has 2 unspecified atom stereocenters. The number of methoxy groups -OCH3 is 1. The number of halogens is 1. The number of rotatable bonds is 8. The highest BCUT2D eigenvalue weighted by molar-refractivity contribution is 6.31. The van der Waals surface area contributed by atoms with E-state index in [0.717, 1.165) is 12.0 Å². The third-order valence-corrected chi connectivity index (χ3v) is 5.37. The van der Waals surface area contributed by atoms with Crippen molar-refractivity contribution < 1.29 is 19.1 Å². The number of hydrogen-bond donors (Lipinski definition) is 0. The second-order valence-electron chi connectivity index (χ2n) is 7.50. The predicted molar refractivity (Wildman–Crippen MR) is 109 cm³/mol. The van der Waals surface area contributed by atoms with E-state index in [2.05, 4.69) is 13.8 Å². The summed E-state index contributed by atoms with van der Waals surface area (Å²) in [7, 11) is 1.38. The first-order chi connectivity index (χ1) is 13.3. The lowest BCUT2D eigenvalue weighted by molar-refractivity contribution is -0.150. The second-order valence-corrected chi connectivity index (χ2v) is 7.91. The summed E-state index contributed by atoms with van der Waals surface area (Å²) in [6, 6.07) is 6.72. The van der Waals surface area contributed by atoms with Crippen LogP contribution in [0.15, 0.2) is 24.3 Å². The van der Waals surface area contributed by atoms with Gasteiger partial charge in [0.1, 0.15) is 12.1 Å². The standard InChI is InChI=1S/C21H31ClN2O4/c1-15(2)9-14-28-16(3)20(25)24-12-10-23(11-13-24)19(21(26)27-4)17-7-5-6-8-18(17)22/h5-8,15-16,19H,9-14H2,1-4H3. The van der Waals surface area contributed by atoms with Crippen LogP contribution in [0.2, 0.25) is 5.02 Å². The SMILES string of the molecule is COC(=O)C(c1ccccc1Cl)N1CCN(C(=O)C(C)OCCC(C)C)CC1. The van der Waals surface area contributed by atoms with Crippen molar-refractivity contribution in [3.63, 3.8) is 0 Å². The Balaban J connectivity index is 1.97. The highest BCUT2D eigenvalue weighted by atomic mass is 35.5. The normalized spacial score (nSPS) is 17.4. The van der Waals surface area contributed by atoms with Crippen molar-refractivity contribution in [2.45, 2.75) is 39.3 Å². The maximum atomic E-state index is 12.6. The van der Waals surface area contributed by atoms with Crippen LogP contribution in [0.4, 0.5) is 0 Å². The maximum absolute atomic E-state index is 12.6. The molecule has 7 heteroatoms. The Morgan fingerprint density at radius 3 is 2.32 bits per heavy atom. The number of amides is 1. The first-order valence-corrected chi connectivity index (χ1v) is 10.2. The van der Waals surface area contributed by atoms with Gasteiger partial charge in [0.05, 0.1) is 7.11 Å². The van der Waals surface area contributed by atoms with Crippen LogP contribution in [0.1, 0.15) is 38.8 Å². The smallest absolute Gasteiger partial charge is 0.327 e. The second kappa shape index (κ2) is 10.8. The van der Waals surface area contributed by atoms with Crippen molar-refractivity contribution in [1.29, 1.82) is 0 Å². The Bertz CT molecular complexity index is 660. The van der Waals surface area contributed by atoms with E-state index >= 15 is 0 Å². The van der Waals surface area contributed by atoms with Crippen molar-refractivity contribution in [1.82, 2.24) is 9.80 Å².